The maximum Gasteiger partial charge on any atom is 0.249 e. The quantitative estimate of drug-likeness (QED) is 0.758. The highest BCUT2D eigenvalue weighted by Crippen LogP contribution is 2.24. The van der Waals surface area contributed by atoms with Gasteiger partial charge in [0, 0.05) is 11.4 Å². The van der Waals surface area contributed by atoms with Gasteiger partial charge < -0.3 is 10.1 Å². The van der Waals surface area contributed by atoms with E-state index in [1.54, 1.807) is 0 Å². The lowest BCUT2D eigenvalue weighted by molar-refractivity contribution is -0.132. The van der Waals surface area contributed by atoms with Gasteiger partial charge in [0.25, 0.3) is 0 Å². The molecule has 0 aromatic rings. The SMILES string of the molecule is CC1CCC(C(=O)NC2CCC(Cl)CC2)O1. The summed E-state index contributed by atoms with van der Waals surface area (Å²) in [6.45, 7) is 2.02. The predicted octanol–water partition coefficient (Wildman–Crippen LogP) is 2.22. The summed E-state index contributed by atoms with van der Waals surface area (Å²) in [7, 11) is 0. The molecule has 0 spiro atoms. The third-order valence-electron chi connectivity index (χ3n) is 3.53. The smallest absolute Gasteiger partial charge is 0.249 e. The number of rotatable bonds is 2. The van der Waals surface area contributed by atoms with Crippen molar-refractivity contribution in [3.63, 3.8) is 0 Å². The fourth-order valence-corrected chi connectivity index (χ4v) is 2.74. The average Bonchev–Trinajstić information content (AvgIpc) is 2.68. The molecule has 1 aliphatic carbocycles. The van der Waals surface area contributed by atoms with Crippen LogP contribution in [0.2, 0.25) is 0 Å². The van der Waals surface area contributed by atoms with Crippen molar-refractivity contribution in [2.24, 2.45) is 0 Å². The van der Waals surface area contributed by atoms with Crippen LogP contribution in [0.1, 0.15) is 45.4 Å². The molecule has 2 aliphatic rings. The lowest BCUT2D eigenvalue weighted by Crippen LogP contribution is -2.43. The average molecular weight is 246 g/mol. The summed E-state index contributed by atoms with van der Waals surface area (Å²) >= 11 is 6.03. The molecule has 16 heavy (non-hydrogen) atoms. The van der Waals surface area contributed by atoms with Crippen molar-refractivity contribution in [2.75, 3.05) is 0 Å². The summed E-state index contributed by atoms with van der Waals surface area (Å²) in [5, 5.41) is 3.38. The summed E-state index contributed by atoms with van der Waals surface area (Å²) in [6.07, 6.45) is 5.88. The molecule has 0 bridgehead atoms. The van der Waals surface area contributed by atoms with Gasteiger partial charge in [-0.25, -0.2) is 0 Å². The van der Waals surface area contributed by atoms with Crippen molar-refractivity contribution < 1.29 is 9.53 Å². The molecule has 92 valence electrons. The standard InChI is InChI=1S/C12H20ClNO2/c1-8-2-7-11(16-8)12(15)14-10-5-3-9(13)4-6-10/h8-11H,2-7H2,1H3,(H,14,15). The molecule has 1 saturated carbocycles. The van der Waals surface area contributed by atoms with Gasteiger partial charge in [0.2, 0.25) is 5.91 Å². The predicted molar refractivity (Wildman–Crippen MR) is 63.6 cm³/mol. The van der Waals surface area contributed by atoms with Gasteiger partial charge in [-0.1, -0.05) is 0 Å². The second-order valence-electron chi connectivity index (χ2n) is 4.97. The Kier molecular flexibility index (Phi) is 4.09. The molecule has 1 saturated heterocycles. The molecule has 1 amide bonds. The minimum atomic E-state index is -0.219. The first-order valence-electron chi connectivity index (χ1n) is 6.25. The van der Waals surface area contributed by atoms with E-state index < -0.39 is 0 Å². The van der Waals surface area contributed by atoms with Crippen LogP contribution in [0.3, 0.4) is 0 Å². The first-order valence-corrected chi connectivity index (χ1v) is 6.68. The maximum absolute atomic E-state index is 11.9. The van der Waals surface area contributed by atoms with Gasteiger partial charge in [0.15, 0.2) is 0 Å². The van der Waals surface area contributed by atoms with Gasteiger partial charge in [-0.2, -0.15) is 0 Å². The van der Waals surface area contributed by atoms with Crippen molar-refractivity contribution in [2.45, 2.75) is 69.1 Å². The van der Waals surface area contributed by atoms with Crippen LogP contribution in [0.5, 0.6) is 0 Å². The van der Waals surface area contributed by atoms with Crippen LogP contribution in [0.25, 0.3) is 0 Å². The number of ether oxygens (including phenoxy) is 1. The molecule has 1 aliphatic heterocycles. The highest BCUT2D eigenvalue weighted by Gasteiger charge is 2.30. The maximum atomic E-state index is 11.9. The van der Waals surface area contributed by atoms with Gasteiger partial charge >= 0.3 is 0 Å². The first-order chi connectivity index (χ1) is 7.65. The van der Waals surface area contributed by atoms with E-state index in [9.17, 15) is 4.79 Å². The summed E-state index contributed by atoms with van der Waals surface area (Å²) in [6, 6.07) is 0.307. The molecule has 1 N–H and O–H groups in total. The lowest BCUT2D eigenvalue weighted by atomic mass is 9.95. The molecule has 2 rings (SSSR count). The number of halogens is 1. The second kappa shape index (κ2) is 5.37. The summed E-state index contributed by atoms with van der Waals surface area (Å²) in [5.74, 6) is 0.0716. The fourth-order valence-electron chi connectivity index (χ4n) is 2.49. The van der Waals surface area contributed by atoms with E-state index in [1.165, 1.54) is 0 Å². The van der Waals surface area contributed by atoms with E-state index in [1.807, 2.05) is 6.92 Å². The Bertz CT molecular complexity index is 251. The fraction of sp³-hybridized carbons (Fsp3) is 0.917. The van der Waals surface area contributed by atoms with Crippen molar-refractivity contribution in [3.05, 3.63) is 0 Å². The summed E-state index contributed by atoms with van der Waals surface area (Å²) in [5.41, 5.74) is 0. The molecule has 1 heterocycles. The molecular weight excluding hydrogens is 226 g/mol. The van der Waals surface area contributed by atoms with Crippen LogP contribution < -0.4 is 5.32 Å². The number of alkyl halides is 1. The second-order valence-corrected chi connectivity index (χ2v) is 5.59. The number of carbonyl (C=O) groups excluding carboxylic acids is 1. The van der Waals surface area contributed by atoms with E-state index in [4.69, 9.17) is 16.3 Å². The van der Waals surface area contributed by atoms with Crippen LogP contribution in [-0.2, 0) is 9.53 Å². The van der Waals surface area contributed by atoms with Crippen LogP contribution in [0.15, 0.2) is 0 Å². The van der Waals surface area contributed by atoms with E-state index in [0.717, 1.165) is 38.5 Å². The topological polar surface area (TPSA) is 38.3 Å². The van der Waals surface area contributed by atoms with Crippen LogP contribution in [0, 0.1) is 0 Å². The van der Waals surface area contributed by atoms with Gasteiger partial charge in [0.05, 0.1) is 6.10 Å². The van der Waals surface area contributed by atoms with Gasteiger partial charge in [0.1, 0.15) is 6.10 Å². The molecule has 0 aromatic heterocycles. The molecule has 0 aromatic carbocycles. The van der Waals surface area contributed by atoms with Crippen LogP contribution in [-0.4, -0.2) is 29.5 Å². The molecule has 2 unspecified atom stereocenters. The monoisotopic (exact) mass is 245 g/mol. The molecule has 3 nitrogen and oxygen atoms in total. The Hall–Kier alpha value is -0.280. The van der Waals surface area contributed by atoms with Crippen LogP contribution >= 0.6 is 11.6 Å². The highest BCUT2D eigenvalue weighted by molar-refractivity contribution is 6.20. The zero-order chi connectivity index (χ0) is 11.5. The van der Waals surface area contributed by atoms with Crippen molar-refractivity contribution in [1.29, 1.82) is 0 Å². The number of carbonyl (C=O) groups is 1. The van der Waals surface area contributed by atoms with E-state index >= 15 is 0 Å². The molecule has 2 atom stereocenters. The first kappa shape index (κ1) is 12.2. The van der Waals surface area contributed by atoms with E-state index in [-0.39, 0.29) is 18.1 Å². The lowest BCUT2D eigenvalue weighted by Gasteiger charge is -2.26. The van der Waals surface area contributed by atoms with Gasteiger partial charge in [-0.3, -0.25) is 4.79 Å². The largest absolute Gasteiger partial charge is 0.365 e. The number of hydrogen-bond acceptors (Lipinski definition) is 2. The zero-order valence-electron chi connectivity index (χ0n) is 9.75. The Balaban J connectivity index is 1.75. The molecule has 0 radical (unpaired) electrons. The summed E-state index contributed by atoms with van der Waals surface area (Å²) in [4.78, 5) is 11.9. The van der Waals surface area contributed by atoms with Gasteiger partial charge in [-0.05, 0) is 45.4 Å². The highest BCUT2D eigenvalue weighted by atomic mass is 35.5. The number of hydrogen-bond donors (Lipinski definition) is 1. The van der Waals surface area contributed by atoms with Crippen molar-refractivity contribution in [1.82, 2.24) is 5.32 Å². The zero-order valence-corrected chi connectivity index (χ0v) is 10.5. The summed E-state index contributed by atoms with van der Waals surface area (Å²) < 4.78 is 5.55. The third-order valence-corrected chi connectivity index (χ3v) is 3.96. The number of nitrogens with one attached hydrogen (secondary N) is 1. The molecule has 2 fully saturated rings. The van der Waals surface area contributed by atoms with E-state index in [2.05, 4.69) is 5.32 Å². The van der Waals surface area contributed by atoms with E-state index in [0.29, 0.717) is 11.4 Å². The Morgan fingerprint density at radius 1 is 1.19 bits per heavy atom. The minimum Gasteiger partial charge on any atom is -0.365 e. The molecule has 4 heteroatoms. The van der Waals surface area contributed by atoms with Gasteiger partial charge in [-0.15, -0.1) is 11.6 Å². The normalized spacial score (nSPS) is 39.6. The van der Waals surface area contributed by atoms with Crippen LogP contribution in [0.4, 0.5) is 0 Å². The Morgan fingerprint density at radius 2 is 1.88 bits per heavy atom. The minimum absolute atomic E-state index is 0.0716. The van der Waals surface area contributed by atoms with Crippen molar-refractivity contribution in [3.8, 4) is 0 Å². The molecular formula is C12H20ClNO2. The Morgan fingerprint density at radius 3 is 2.44 bits per heavy atom. The number of amides is 1. The van der Waals surface area contributed by atoms with Crippen molar-refractivity contribution >= 4 is 17.5 Å². The Labute approximate surface area is 102 Å². The third kappa shape index (κ3) is 3.11.